The summed E-state index contributed by atoms with van der Waals surface area (Å²) in [6, 6.07) is 10.3. The highest BCUT2D eigenvalue weighted by Crippen LogP contribution is 2.34. The van der Waals surface area contributed by atoms with E-state index in [0.29, 0.717) is 15.7 Å². The predicted molar refractivity (Wildman–Crippen MR) is 121 cm³/mol. The van der Waals surface area contributed by atoms with Gasteiger partial charge in [0.25, 0.3) is 0 Å². The van der Waals surface area contributed by atoms with Gasteiger partial charge in [0.15, 0.2) is 0 Å². The first-order chi connectivity index (χ1) is 14.0. The Morgan fingerprint density at radius 2 is 1.86 bits per heavy atom. The van der Waals surface area contributed by atoms with Gasteiger partial charge in [-0.05, 0) is 36.4 Å². The molecule has 2 aromatic carbocycles. The summed E-state index contributed by atoms with van der Waals surface area (Å²) in [5, 5.41) is 14.8. The van der Waals surface area contributed by atoms with Crippen molar-refractivity contribution in [2.75, 3.05) is 29.9 Å². The maximum absolute atomic E-state index is 11.7. The quantitative estimate of drug-likeness (QED) is 0.535. The number of nitrogens with zero attached hydrogens (tertiary/aromatic N) is 2. The molecule has 0 spiro atoms. The molecule has 0 saturated carbocycles. The lowest BCUT2D eigenvalue weighted by atomic mass is 10.1. The fourth-order valence-corrected chi connectivity index (χ4v) is 4.73. The van der Waals surface area contributed by atoms with Crippen LogP contribution in [0.3, 0.4) is 0 Å². The minimum Gasteiger partial charge on any atom is -0.478 e. The van der Waals surface area contributed by atoms with Crippen molar-refractivity contribution in [3.05, 3.63) is 63.8 Å². The van der Waals surface area contributed by atoms with E-state index in [2.05, 4.69) is 15.2 Å². The van der Waals surface area contributed by atoms with E-state index in [0.717, 1.165) is 53.3 Å². The molecule has 0 aliphatic carbocycles. The molecule has 0 amide bonds. The molecule has 0 bridgehead atoms. The normalized spacial score (nSPS) is 14.8. The average Bonchev–Trinajstić information content (AvgIpc) is 2.71. The second-order valence-electron chi connectivity index (χ2n) is 6.83. The Hall–Kier alpha value is -1.99. The Labute approximate surface area is 183 Å². The van der Waals surface area contributed by atoms with Crippen LogP contribution in [0.2, 0.25) is 10.0 Å². The van der Waals surface area contributed by atoms with Crippen molar-refractivity contribution in [2.24, 2.45) is 0 Å². The number of hydrogen-bond acceptors (Lipinski definition) is 5. The van der Waals surface area contributed by atoms with Crippen LogP contribution < -0.4 is 5.32 Å². The number of carbonyl (C=O) groups is 1. The van der Waals surface area contributed by atoms with E-state index in [1.165, 1.54) is 6.07 Å². The molecule has 1 fully saturated rings. The van der Waals surface area contributed by atoms with E-state index in [-0.39, 0.29) is 5.56 Å². The Kier molecular flexibility index (Phi) is 6.15. The zero-order valence-electron chi connectivity index (χ0n) is 15.5. The fraction of sp³-hybridized carbons (Fsp3) is 0.238. The summed E-state index contributed by atoms with van der Waals surface area (Å²) in [5.41, 5.74) is 3.20. The highest BCUT2D eigenvalue weighted by atomic mass is 35.5. The molecule has 1 aliphatic rings. The molecule has 0 unspecified atom stereocenters. The summed E-state index contributed by atoms with van der Waals surface area (Å²) < 4.78 is 0. The lowest BCUT2D eigenvalue weighted by molar-refractivity contribution is 0.0698. The summed E-state index contributed by atoms with van der Waals surface area (Å²) in [7, 11) is 0. The number of fused-ring (bicyclic) bond motifs is 1. The van der Waals surface area contributed by atoms with E-state index in [1.54, 1.807) is 18.2 Å². The molecular formula is C21H19Cl2N3O2S. The second-order valence-corrected chi connectivity index (χ2v) is 8.93. The van der Waals surface area contributed by atoms with Crippen molar-refractivity contribution >= 4 is 63.2 Å². The standard InChI is InChI=1S/C21H19Cl2N3O2S/c22-14-1-3-18-16(9-14)20(13(11-24-18)12-26-5-7-29-8-6-26)25-19-4-2-15(23)10-17(19)21(27)28/h1-4,9-11H,5-8,12H2,(H,24,25)(H,27,28). The lowest BCUT2D eigenvalue weighted by Gasteiger charge is -2.27. The zero-order chi connectivity index (χ0) is 20.4. The number of aromatic nitrogens is 1. The molecule has 0 atom stereocenters. The number of halogens is 2. The van der Waals surface area contributed by atoms with Gasteiger partial charge in [-0.3, -0.25) is 9.88 Å². The van der Waals surface area contributed by atoms with Crippen LogP contribution in [-0.2, 0) is 6.54 Å². The third-order valence-electron chi connectivity index (χ3n) is 4.88. The van der Waals surface area contributed by atoms with Gasteiger partial charge in [0.2, 0.25) is 0 Å². The molecule has 8 heteroatoms. The van der Waals surface area contributed by atoms with Gasteiger partial charge in [0, 0.05) is 58.3 Å². The summed E-state index contributed by atoms with van der Waals surface area (Å²) in [4.78, 5) is 18.7. The van der Waals surface area contributed by atoms with Gasteiger partial charge in [-0.1, -0.05) is 23.2 Å². The van der Waals surface area contributed by atoms with Crippen LogP contribution in [0.1, 0.15) is 15.9 Å². The highest BCUT2D eigenvalue weighted by molar-refractivity contribution is 7.99. The molecule has 4 rings (SSSR count). The van der Waals surface area contributed by atoms with Gasteiger partial charge in [-0.25, -0.2) is 4.79 Å². The van der Waals surface area contributed by atoms with Crippen molar-refractivity contribution in [1.82, 2.24) is 9.88 Å². The van der Waals surface area contributed by atoms with Gasteiger partial charge in [0.05, 0.1) is 22.5 Å². The SMILES string of the molecule is O=C(O)c1cc(Cl)ccc1Nc1c(CN2CCSCC2)cnc2ccc(Cl)cc12. The Balaban J connectivity index is 1.81. The largest absolute Gasteiger partial charge is 0.478 e. The predicted octanol–water partition coefficient (Wildman–Crippen LogP) is 5.53. The first-order valence-electron chi connectivity index (χ1n) is 9.18. The van der Waals surface area contributed by atoms with Crippen molar-refractivity contribution in [2.45, 2.75) is 6.54 Å². The molecule has 2 N–H and O–H groups in total. The topological polar surface area (TPSA) is 65.5 Å². The molecule has 150 valence electrons. The number of thioether (sulfide) groups is 1. The van der Waals surface area contributed by atoms with E-state index >= 15 is 0 Å². The number of rotatable bonds is 5. The average molecular weight is 448 g/mol. The molecule has 3 aromatic rings. The first-order valence-corrected chi connectivity index (χ1v) is 11.1. The molecule has 1 saturated heterocycles. The fourth-order valence-electron chi connectivity index (χ4n) is 3.41. The van der Waals surface area contributed by atoms with Crippen LogP contribution >= 0.6 is 35.0 Å². The zero-order valence-corrected chi connectivity index (χ0v) is 17.8. The third kappa shape index (κ3) is 4.61. The number of pyridine rings is 1. The van der Waals surface area contributed by atoms with Gasteiger partial charge >= 0.3 is 5.97 Å². The molecule has 0 radical (unpaired) electrons. The van der Waals surface area contributed by atoms with Crippen molar-refractivity contribution in [3.63, 3.8) is 0 Å². The number of anilines is 2. The minimum absolute atomic E-state index is 0.116. The number of carboxylic acid groups (broad SMARTS) is 1. The van der Waals surface area contributed by atoms with Crippen molar-refractivity contribution in [1.29, 1.82) is 0 Å². The van der Waals surface area contributed by atoms with Crippen LogP contribution in [0.5, 0.6) is 0 Å². The van der Waals surface area contributed by atoms with Crippen LogP contribution in [0.4, 0.5) is 11.4 Å². The number of hydrogen-bond donors (Lipinski definition) is 2. The third-order valence-corrected chi connectivity index (χ3v) is 6.29. The monoisotopic (exact) mass is 447 g/mol. The Morgan fingerprint density at radius 1 is 1.14 bits per heavy atom. The number of benzene rings is 2. The summed E-state index contributed by atoms with van der Waals surface area (Å²) in [6.07, 6.45) is 1.86. The number of aromatic carboxylic acids is 1. The first kappa shape index (κ1) is 20.3. The van der Waals surface area contributed by atoms with Gasteiger partial charge < -0.3 is 10.4 Å². The maximum atomic E-state index is 11.7. The van der Waals surface area contributed by atoms with Gasteiger partial charge in [0.1, 0.15) is 0 Å². The van der Waals surface area contributed by atoms with Gasteiger partial charge in [-0.15, -0.1) is 0 Å². The van der Waals surface area contributed by atoms with E-state index in [4.69, 9.17) is 23.2 Å². The van der Waals surface area contributed by atoms with Crippen molar-refractivity contribution in [3.8, 4) is 0 Å². The van der Waals surface area contributed by atoms with Crippen LogP contribution in [0.15, 0.2) is 42.6 Å². The molecule has 2 heterocycles. The molecular weight excluding hydrogens is 429 g/mol. The van der Waals surface area contributed by atoms with Gasteiger partial charge in [-0.2, -0.15) is 11.8 Å². The highest BCUT2D eigenvalue weighted by Gasteiger charge is 2.18. The smallest absolute Gasteiger partial charge is 0.337 e. The maximum Gasteiger partial charge on any atom is 0.337 e. The summed E-state index contributed by atoms with van der Waals surface area (Å²) in [5.74, 6) is 1.17. The van der Waals surface area contributed by atoms with Crippen LogP contribution in [0, 0.1) is 0 Å². The molecule has 5 nitrogen and oxygen atoms in total. The number of nitrogens with one attached hydrogen (secondary N) is 1. The minimum atomic E-state index is -1.04. The summed E-state index contributed by atoms with van der Waals surface area (Å²) >= 11 is 14.2. The molecule has 1 aliphatic heterocycles. The van der Waals surface area contributed by atoms with Crippen molar-refractivity contribution < 1.29 is 9.90 Å². The summed E-state index contributed by atoms with van der Waals surface area (Å²) in [6.45, 7) is 2.76. The van der Waals surface area contributed by atoms with Crippen LogP contribution in [0.25, 0.3) is 10.9 Å². The van der Waals surface area contributed by atoms with Crippen LogP contribution in [-0.4, -0.2) is 45.6 Å². The second kappa shape index (κ2) is 8.79. The molecule has 29 heavy (non-hydrogen) atoms. The number of carboxylic acids is 1. The Bertz CT molecular complexity index is 1070. The van der Waals surface area contributed by atoms with E-state index in [1.807, 2.05) is 30.1 Å². The lowest BCUT2D eigenvalue weighted by Crippen LogP contribution is -2.32. The van der Waals surface area contributed by atoms with E-state index in [9.17, 15) is 9.90 Å². The van der Waals surface area contributed by atoms with E-state index < -0.39 is 5.97 Å². The molecule has 1 aromatic heterocycles. The Morgan fingerprint density at radius 3 is 2.62 bits per heavy atom.